The Morgan fingerprint density at radius 1 is 1.00 bits per heavy atom. The minimum absolute atomic E-state index is 0.262. The van der Waals surface area contributed by atoms with Crippen molar-refractivity contribution in [2.45, 2.75) is 23.8 Å². The van der Waals surface area contributed by atoms with Gasteiger partial charge in [0.25, 0.3) is 0 Å². The fourth-order valence-electron chi connectivity index (χ4n) is 2.66. The second-order valence-electron chi connectivity index (χ2n) is 6.09. The molecule has 0 unspecified atom stereocenters. The molecule has 0 bridgehead atoms. The van der Waals surface area contributed by atoms with Gasteiger partial charge in [0.05, 0.1) is 5.75 Å². The Hall–Kier alpha value is -3.20. The van der Waals surface area contributed by atoms with E-state index in [1.807, 2.05) is 30.3 Å². The zero-order valence-electron chi connectivity index (χ0n) is 14.8. The molecule has 2 heterocycles. The van der Waals surface area contributed by atoms with Crippen molar-refractivity contribution in [2.75, 3.05) is 5.84 Å². The minimum atomic E-state index is -0.295. The number of rotatable bonds is 7. The van der Waals surface area contributed by atoms with E-state index in [-0.39, 0.29) is 12.2 Å². The SMILES string of the molecule is Nn1c(Cc2ccccc2F)nnc1SCc1nc(Cc2ccccc2)no1. The van der Waals surface area contributed by atoms with Crippen molar-refractivity contribution >= 4 is 11.8 Å². The molecule has 0 atom stereocenters. The third kappa shape index (κ3) is 4.20. The molecule has 7 nitrogen and oxygen atoms in total. The van der Waals surface area contributed by atoms with Crippen molar-refractivity contribution in [2.24, 2.45) is 0 Å². The Balaban J connectivity index is 1.38. The molecule has 0 spiro atoms. The molecule has 28 heavy (non-hydrogen) atoms. The van der Waals surface area contributed by atoms with E-state index >= 15 is 0 Å². The maximum atomic E-state index is 13.8. The molecule has 0 amide bonds. The number of aromatic nitrogens is 5. The molecule has 9 heteroatoms. The lowest BCUT2D eigenvalue weighted by atomic mass is 10.1. The molecule has 2 N–H and O–H groups in total. The van der Waals surface area contributed by atoms with Gasteiger partial charge in [-0.3, -0.25) is 0 Å². The van der Waals surface area contributed by atoms with Gasteiger partial charge in [-0.1, -0.05) is 65.4 Å². The van der Waals surface area contributed by atoms with Crippen LogP contribution in [0.1, 0.15) is 28.7 Å². The van der Waals surface area contributed by atoms with Gasteiger partial charge in [-0.15, -0.1) is 10.2 Å². The Labute approximate surface area is 164 Å². The number of nitrogens with two attached hydrogens (primary N) is 1. The highest BCUT2D eigenvalue weighted by Gasteiger charge is 2.15. The van der Waals surface area contributed by atoms with Crippen molar-refractivity contribution in [1.29, 1.82) is 0 Å². The summed E-state index contributed by atoms with van der Waals surface area (Å²) < 4.78 is 20.5. The molecule has 0 fully saturated rings. The molecule has 0 saturated carbocycles. The van der Waals surface area contributed by atoms with Crippen LogP contribution in [0.5, 0.6) is 0 Å². The van der Waals surface area contributed by atoms with Crippen LogP contribution in [0, 0.1) is 5.82 Å². The van der Waals surface area contributed by atoms with Gasteiger partial charge in [0.1, 0.15) is 5.82 Å². The van der Waals surface area contributed by atoms with Gasteiger partial charge < -0.3 is 10.4 Å². The summed E-state index contributed by atoms with van der Waals surface area (Å²) in [5.74, 6) is 7.75. The maximum absolute atomic E-state index is 13.8. The molecular weight excluding hydrogens is 379 g/mol. The van der Waals surface area contributed by atoms with Gasteiger partial charge >= 0.3 is 0 Å². The second kappa shape index (κ2) is 8.22. The summed E-state index contributed by atoms with van der Waals surface area (Å²) in [6.45, 7) is 0. The zero-order valence-corrected chi connectivity index (χ0v) is 15.6. The van der Waals surface area contributed by atoms with Crippen LogP contribution in [0.15, 0.2) is 64.3 Å². The zero-order chi connectivity index (χ0) is 19.3. The van der Waals surface area contributed by atoms with Crippen LogP contribution in [0.4, 0.5) is 4.39 Å². The Morgan fingerprint density at radius 3 is 2.61 bits per heavy atom. The summed E-state index contributed by atoms with van der Waals surface area (Å²) in [5, 5.41) is 12.6. The van der Waals surface area contributed by atoms with Gasteiger partial charge in [-0.2, -0.15) is 4.98 Å². The van der Waals surface area contributed by atoms with Crippen LogP contribution in [0.25, 0.3) is 0 Å². The van der Waals surface area contributed by atoms with E-state index in [9.17, 15) is 4.39 Å². The number of thioether (sulfide) groups is 1. The lowest BCUT2D eigenvalue weighted by molar-refractivity contribution is 0.385. The number of nitrogen functional groups attached to an aromatic ring is 1. The summed E-state index contributed by atoms with van der Waals surface area (Å²) in [7, 11) is 0. The standard InChI is InChI=1S/C19H17FN6OS/c20-15-9-5-4-8-14(15)11-17-23-24-19(26(17)21)28-12-18-22-16(25-27-18)10-13-6-2-1-3-7-13/h1-9H,10-12,21H2. The first kappa shape index (κ1) is 18.2. The van der Waals surface area contributed by atoms with Gasteiger partial charge in [-0.25, -0.2) is 9.07 Å². The molecule has 0 aliphatic heterocycles. The van der Waals surface area contributed by atoms with Crippen LogP contribution in [-0.4, -0.2) is 25.0 Å². The highest BCUT2D eigenvalue weighted by Crippen LogP contribution is 2.21. The number of hydrogen-bond donors (Lipinski definition) is 1. The van der Waals surface area contributed by atoms with E-state index in [1.54, 1.807) is 18.2 Å². The fraction of sp³-hybridized carbons (Fsp3) is 0.158. The van der Waals surface area contributed by atoms with Crippen LogP contribution in [0.3, 0.4) is 0 Å². The van der Waals surface area contributed by atoms with E-state index in [0.717, 1.165) is 5.56 Å². The molecule has 2 aromatic heterocycles. The summed E-state index contributed by atoms with van der Waals surface area (Å²) in [6, 6.07) is 16.5. The number of halogens is 1. The third-order valence-electron chi connectivity index (χ3n) is 4.08. The van der Waals surface area contributed by atoms with E-state index in [4.69, 9.17) is 10.4 Å². The first-order valence-corrected chi connectivity index (χ1v) is 9.58. The molecule has 4 aromatic rings. The predicted molar refractivity (Wildman–Crippen MR) is 102 cm³/mol. The fourth-order valence-corrected chi connectivity index (χ4v) is 3.38. The maximum Gasteiger partial charge on any atom is 0.237 e. The molecule has 0 radical (unpaired) electrons. The topological polar surface area (TPSA) is 95.7 Å². The van der Waals surface area contributed by atoms with Gasteiger partial charge in [-0.05, 0) is 17.2 Å². The summed E-state index contributed by atoms with van der Waals surface area (Å²) in [6.07, 6.45) is 0.868. The number of benzene rings is 2. The molecular formula is C19H17FN6OS. The Bertz CT molecular complexity index is 1070. The van der Waals surface area contributed by atoms with E-state index in [1.165, 1.54) is 22.5 Å². The largest absolute Gasteiger partial charge is 0.338 e. The van der Waals surface area contributed by atoms with Crippen LogP contribution < -0.4 is 5.84 Å². The van der Waals surface area contributed by atoms with E-state index in [0.29, 0.717) is 40.4 Å². The van der Waals surface area contributed by atoms with Crippen LogP contribution in [0.2, 0.25) is 0 Å². The third-order valence-corrected chi connectivity index (χ3v) is 5.01. The van der Waals surface area contributed by atoms with Crippen LogP contribution >= 0.6 is 11.8 Å². The lowest BCUT2D eigenvalue weighted by Crippen LogP contribution is -2.14. The lowest BCUT2D eigenvalue weighted by Gasteiger charge is -2.04. The van der Waals surface area contributed by atoms with Crippen molar-refractivity contribution in [1.82, 2.24) is 25.0 Å². The molecule has 4 rings (SSSR count). The molecule has 0 saturated heterocycles. The molecule has 142 valence electrons. The van der Waals surface area contributed by atoms with Crippen molar-refractivity contribution in [3.63, 3.8) is 0 Å². The van der Waals surface area contributed by atoms with Gasteiger partial charge in [0.15, 0.2) is 11.6 Å². The average Bonchev–Trinajstić information content (AvgIpc) is 3.30. The second-order valence-corrected chi connectivity index (χ2v) is 7.03. The van der Waals surface area contributed by atoms with Gasteiger partial charge in [0.2, 0.25) is 11.0 Å². The number of nitrogens with zero attached hydrogens (tertiary/aromatic N) is 5. The first-order valence-electron chi connectivity index (χ1n) is 8.60. The Morgan fingerprint density at radius 2 is 1.79 bits per heavy atom. The molecule has 2 aromatic carbocycles. The smallest absolute Gasteiger partial charge is 0.237 e. The summed E-state index contributed by atoms with van der Waals surface area (Å²) in [5.41, 5.74) is 1.63. The normalized spacial score (nSPS) is 11.0. The Kier molecular flexibility index (Phi) is 5.34. The predicted octanol–water partition coefficient (Wildman–Crippen LogP) is 2.99. The highest BCUT2D eigenvalue weighted by molar-refractivity contribution is 7.98. The minimum Gasteiger partial charge on any atom is -0.338 e. The van der Waals surface area contributed by atoms with Crippen molar-refractivity contribution < 1.29 is 8.91 Å². The number of hydrogen-bond acceptors (Lipinski definition) is 7. The monoisotopic (exact) mass is 396 g/mol. The molecule has 0 aliphatic carbocycles. The highest BCUT2D eigenvalue weighted by atomic mass is 32.2. The van der Waals surface area contributed by atoms with Gasteiger partial charge in [0, 0.05) is 12.8 Å². The van der Waals surface area contributed by atoms with Crippen molar-refractivity contribution in [3.8, 4) is 0 Å². The summed E-state index contributed by atoms with van der Waals surface area (Å²) >= 11 is 1.33. The molecule has 0 aliphatic rings. The average molecular weight is 396 g/mol. The van der Waals surface area contributed by atoms with Crippen LogP contribution in [-0.2, 0) is 18.6 Å². The van der Waals surface area contributed by atoms with E-state index < -0.39 is 0 Å². The van der Waals surface area contributed by atoms with Crippen molar-refractivity contribution in [3.05, 3.63) is 89.1 Å². The quantitative estimate of drug-likeness (QED) is 0.379. The first-order chi connectivity index (χ1) is 13.7. The summed E-state index contributed by atoms with van der Waals surface area (Å²) in [4.78, 5) is 4.39. The van der Waals surface area contributed by atoms with E-state index in [2.05, 4.69) is 20.3 Å².